The second-order valence-corrected chi connectivity index (χ2v) is 5.06. The zero-order chi connectivity index (χ0) is 16.1. The molecule has 23 heavy (non-hydrogen) atoms. The number of para-hydroxylation sites is 1. The van der Waals surface area contributed by atoms with Crippen molar-refractivity contribution >= 4 is 6.21 Å². The van der Waals surface area contributed by atoms with Gasteiger partial charge >= 0.3 is 0 Å². The van der Waals surface area contributed by atoms with Crippen molar-refractivity contribution in [2.75, 3.05) is 27.6 Å². The molecule has 0 aromatic heterocycles. The average molecular weight is 313 g/mol. The monoisotopic (exact) mass is 313 g/mol. The fourth-order valence-corrected chi connectivity index (χ4v) is 2.45. The third-order valence-electron chi connectivity index (χ3n) is 3.63. The van der Waals surface area contributed by atoms with Crippen LogP contribution >= 0.6 is 0 Å². The molecule has 0 saturated carbocycles. The van der Waals surface area contributed by atoms with Crippen molar-refractivity contribution in [2.24, 2.45) is 4.99 Å². The summed E-state index contributed by atoms with van der Waals surface area (Å²) in [6.45, 7) is 0.950. The Hall–Kier alpha value is -2.69. The predicted molar refractivity (Wildman–Crippen MR) is 88.3 cm³/mol. The van der Waals surface area contributed by atoms with Crippen LogP contribution in [-0.4, -0.2) is 33.8 Å². The van der Waals surface area contributed by atoms with Gasteiger partial charge in [0, 0.05) is 18.3 Å². The molecule has 1 heterocycles. The van der Waals surface area contributed by atoms with Crippen molar-refractivity contribution in [3.8, 4) is 23.0 Å². The van der Waals surface area contributed by atoms with Gasteiger partial charge in [-0.15, -0.1) is 0 Å². The summed E-state index contributed by atoms with van der Waals surface area (Å²) in [6.07, 6.45) is 2.65. The first-order chi connectivity index (χ1) is 11.3. The molecule has 1 aliphatic heterocycles. The molecule has 0 atom stereocenters. The van der Waals surface area contributed by atoms with Crippen molar-refractivity contribution in [3.05, 3.63) is 47.5 Å². The predicted octanol–water partition coefficient (Wildman–Crippen LogP) is 3.09. The summed E-state index contributed by atoms with van der Waals surface area (Å²) >= 11 is 0. The molecule has 1 aliphatic rings. The zero-order valence-electron chi connectivity index (χ0n) is 13.2. The lowest BCUT2D eigenvalue weighted by atomic mass is 10.1. The Balaban J connectivity index is 1.62. The molecule has 0 saturated heterocycles. The van der Waals surface area contributed by atoms with Crippen LogP contribution in [0.25, 0.3) is 0 Å². The molecule has 0 radical (unpaired) electrons. The van der Waals surface area contributed by atoms with Gasteiger partial charge in [-0.1, -0.05) is 12.1 Å². The maximum absolute atomic E-state index is 5.46. The maximum Gasteiger partial charge on any atom is 0.231 e. The van der Waals surface area contributed by atoms with Crippen LogP contribution in [0.3, 0.4) is 0 Å². The first kappa shape index (κ1) is 15.2. The number of hydrogen-bond donors (Lipinski definition) is 0. The second kappa shape index (κ2) is 7.05. The Bertz CT molecular complexity index is 712. The summed E-state index contributed by atoms with van der Waals surface area (Å²) in [5.74, 6) is 3.01. The number of nitrogens with zero attached hydrogens (tertiary/aromatic N) is 1. The van der Waals surface area contributed by atoms with E-state index >= 15 is 0 Å². The Labute approximate surface area is 135 Å². The third-order valence-corrected chi connectivity index (χ3v) is 3.63. The molecule has 3 rings (SSSR count). The Morgan fingerprint density at radius 3 is 2.78 bits per heavy atom. The highest BCUT2D eigenvalue weighted by Crippen LogP contribution is 2.34. The molecule has 0 fully saturated rings. The fourth-order valence-electron chi connectivity index (χ4n) is 2.45. The van der Waals surface area contributed by atoms with Crippen molar-refractivity contribution in [1.82, 2.24) is 0 Å². The van der Waals surface area contributed by atoms with Crippen molar-refractivity contribution in [1.29, 1.82) is 0 Å². The van der Waals surface area contributed by atoms with E-state index in [-0.39, 0.29) is 6.79 Å². The number of hydrogen-bond acceptors (Lipinski definition) is 5. The largest absolute Gasteiger partial charge is 0.493 e. The first-order valence-electron chi connectivity index (χ1n) is 7.41. The van der Waals surface area contributed by atoms with Crippen LogP contribution in [0.2, 0.25) is 0 Å². The Morgan fingerprint density at radius 2 is 1.96 bits per heavy atom. The lowest BCUT2D eigenvalue weighted by molar-refractivity contribution is 0.174. The van der Waals surface area contributed by atoms with Crippen LogP contribution < -0.4 is 18.9 Å². The molecule has 0 bridgehead atoms. The van der Waals surface area contributed by atoms with Crippen molar-refractivity contribution in [2.45, 2.75) is 6.42 Å². The smallest absolute Gasteiger partial charge is 0.231 e. The lowest BCUT2D eigenvalue weighted by Crippen LogP contribution is -1.96. The third kappa shape index (κ3) is 3.39. The van der Waals surface area contributed by atoms with Crippen LogP contribution in [-0.2, 0) is 6.42 Å². The van der Waals surface area contributed by atoms with Crippen LogP contribution in [0, 0.1) is 0 Å². The number of rotatable bonds is 6. The second-order valence-electron chi connectivity index (χ2n) is 5.06. The van der Waals surface area contributed by atoms with Crippen LogP contribution in [0.1, 0.15) is 11.1 Å². The highest BCUT2D eigenvalue weighted by Gasteiger charge is 2.15. The molecule has 0 unspecified atom stereocenters. The number of benzene rings is 2. The zero-order valence-corrected chi connectivity index (χ0v) is 13.2. The minimum absolute atomic E-state index is 0.270. The summed E-state index contributed by atoms with van der Waals surface area (Å²) in [7, 11) is 3.27. The van der Waals surface area contributed by atoms with E-state index in [0.717, 1.165) is 40.5 Å². The van der Waals surface area contributed by atoms with Gasteiger partial charge in [0.2, 0.25) is 6.79 Å². The van der Waals surface area contributed by atoms with Gasteiger partial charge in [-0.25, -0.2) is 0 Å². The molecule has 5 heteroatoms. The minimum atomic E-state index is 0.270. The molecular weight excluding hydrogens is 294 g/mol. The number of aliphatic imine (C=N–C) groups is 1. The van der Waals surface area contributed by atoms with Gasteiger partial charge in [-0.3, -0.25) is 4.99 Å². The molecule has 2 aromatic carbocycles. The van der Waals surface area contributed by atoms with Gasteiger partial charge in [0.25, 0.3) is 0 Å². The minimum Gasteiger partial charge on any atom is -0.493 e. The van der Waals surface area contributed by atoms with Gasteiger partial charge in [0.1, 0.15) is 0 Å². The van der Waals surface area contributed by atoms with E-state index in [1.165, 1.54) is 0 Å². The first-order valence-corrected chi connectivity index (χ1v) is 7.41. The standard InChI is InChI=1S/C18H19NO4/c1-20-15-7-6-13(10-17(15)21-2)8-9-19-11-14-4-3-5-16-18(14)23-12-22-16/h3-7,10-11H,8-9,12H2,1-2H3. The van der Waals surface area contributed by atoms with Gasteiger partial charge in [-0.2, -0.15) is 0 Å². The lowest BCUT2D eigenvalue weighted by Gasteiger charge is -2.08. The number of methoxy groups -OCH3 is 2. The van der Waals surface area contributed by atoms with E-state index in [9.17, 15) is 0 Å². The molecule has 120 valence electrons. The maximum atomic E-state index is 5.46. The van der Waals surface area contributed by atoms with Crippen molar-refractivity contribution in [3.63, 3.8) is 0 Å². The quantitative estimate of drug-likeness (QED) is 0.769. The van der Waals surface area contributed by atoms with Gasteiger partial charge in [0.05, 0.1) is 14.2 Å². The number of ether oxygens (including phenoxy) is 4. The molecule has 2 aromatic rings. The summed E-state index contributed by atoms with van der Waals surface area (Å²) in [6, 6.07) is 11.7. The van der Waals surface area contributed by atoms with E-state index in [2.05, 4.69) is 4.99 Å². The molecule has 0 spiro atoms. The molecular formula is C18H19NO4. The van der Waals surface area contributed by atoms with E-state index < -0.39 is 0 Å². The van der Waals surface area contributed by atoms with E-state index in [1.54, 1.807) is 14.2 Å². The Kier molecular flexibility index (Phi) is 4.66. The highest BCUT2D eigenvalue weighted by molar-refractivity contribution is 5.85. The van der Waals surface area contributed by atoms with Crippen LogP contribution in [0.4, 0.5) is 0 Å². The SMILES string of the molecule is COc1ccc(CCN=Cc2cccc3c2OCO3)cc1OC. The topological polar surface area (TPSA) is 49.3 Å². The summed E-state index contributed by atoms with van der Waals surface area (Å²) in [5, 5.41) is 0. The van der Waals surface area contributed by atoms with Gasteiger partial charge < -0.3 is 18.9 Å². The Morgan fingerprint density at radius 1 is 1.09 bits per heavy atom. The van der Waals surface area contributed by atoms with E-state index in [1.807, 2.05) is 42.6 Å². The number of fused-ring (bicyclic) bond motifs is 1. The van der Waals surface area contributed by atoms with Crippen LogP contribution in [0.5, 0.6) is 23.0 Å². The van der Waals surface area contributed by atoms with Gasteiger partial charge in [-0.05, 0) is 36.2 Å². The normalized spacial score (nSPS) is 12.6. The molecule has 0 amide bonds. The summed E-state index contributed by atoms with van der Waals surface area (Å²) < 4.78 is 21.4. The van der Waals surface area contributed by atoms with Gasteiger partial charge in [0.15, 0.2) is 23.0 Å². The fraction of sp³-hybridized carbons (Fsp3) is 0.278. The van der Waals surface area contributed by atoms with Crippen LogP contribution in [0.15, 0.2) is 41.4 Å². The summed E-state index contributed by atoms with van der Waals surface area (Å²) in [5.41, 5.74) is 2.09. The van der Waals surface area contributed by atoms with E-state index in [4.69, 9.17) is 18.9 Å². The van der Waals surface area contributed by atoms with E-state index in [0.29, 0.717) is 6.54 Å². The van der Waals surface area contributed by atoms with Crippen molar-refractivity contribution < 1.29 is 18.9 Å². The molecule has 0 aliphatic carbocycles. The summed E-state index contributed by atoms with van der Waals surface area (Å²) in [4.78, 5) is 4.48. The molecule has 5 nitrogen and oxygen atoms in total. The highest BCUT2D eigenvalue weighted by atomic mass is 16.7. The molecule has 0 N–H and O–H groups in total. The average Bonchev–Trinajstić information content (AvgIpc) is 3.08.